The van der Waals surface area contributed by atoms with E-state index in [9.17, 15) is 0 Å². The summed E-state index contributed by atoms with van der Waals surface area (Å²) >= 11 is 0. The van der Waals surface area contributed by atoms with Crippen LogP contribution in [0.25, 0.3) is 0 Å². The largest absolute Gasteiger partial charge is 0.308 e. The van der Waals surface area contributed by atoms with Gasteiger partial charge in [0, 0.05) is 30.2 Å². The van der Waals surface area contributed by atoms with Crippen LogP contribution in [0.4, 0.5) is 0 Å². The average molecular weight is 240 g/mol. The second kappa shape index (κ2) is 5.71. The first kappa shape index (κ1) is 15.0. The van der Waals surface area contributed by atoms with Crippen LogP contribution in [0.1, 0.15) is 67.2 Å². The van der Waals surface area contributed by atoms with Crippen LogP contribution in [0.3, 0.4) is 0 Å². The zero-order valence-electron chi connectivity index (χ0n) is 12.8. The zero-order valence-corrected chi connectivity index (χ0v) is 12.8. The normalized spacial score (nSPS) is 35.5. The van der Waals surface area contributed by atoms with Crippen molar-refractivity contribution in [3.8, 4) is 0 Å². The first-order valence-electron chi connectivity index (χ1n) is 7.46. The Bertz CT molecular complexity index is 237. The van der Waals surface area contributed by atoms with E-state index in [1.165, 1.54) is 32.2 Å². The van der Waals surface area contributed by atoms with Gasteiger partial charge in [-0.25, -0.2) is 0 Å². The molecule has 1 saturated heterocycles. The highest BCUT2D eigenvalue weighted by atomic mass is 15.3. The van der Waals surface area contributed by atoms with Crippen molar-refractivity contribution < 1.29 is 0 Å². The van der Waals surface area contributed by atoms with Crippen LogP contribution in [0.5, 0.6) is 0 Å². The summed E-state index contributed by atoms with van der Waals surface area (Å²) in [5.41, 5.74) is 0.642. The zero-order chi connectivity index (χ0) is 13.1. The van der Waals surface area contributed by atoms with Crippen molar-refractivity contribution >= 4 is 0 Å². The topological polar surface area (TPSA) is 15.3 Å². The first-order valence-corrected chi connectivity index (χ1v) is 7.46. The molecule has 1 aliphatic rings. The third-order valence-electron chi connectivity index (χ3n) is 5.03. The van der Waals surface area contributed by atoms with E-state index in [0.717, 1.165) is 12.6 Å². The summed E-state index contributed by atoms with van der Waals surface area (Å²) < 4.78 is 0. The van der Waals surface area contributed by atoms with Crippen LogP contribution < -0.4 is 5.32 Å². The summed E-state index contributed by atoms with van der Waals surface area (Å²) in [7, 11) is 0. The molecular formula is C15H32N2. The van der Waals surface area contributed by atoms with E-state index in [2.05, 4.69) is 51.8 Å². The molecule has 17 heavy (non-hydrogen) atoms. The molecule has 1 heterocycles. The molecule has 0 amide bonds. The fraction of sp³-hybridized carbons (Fsp3) is 1.00. The van der Waals surface area contributed by atoms with Gasteiger partial charge in [0.1, 0.15) is 0 Å². The fourth-order valence-corrected chi connectivity index (χ4v) is 2.99. The lowest BCUT2D eigenvalue weighted by Crippen LogP contribution is -2.69. The second-order valence-electron chi connectivity index (χ2n) is 6.22. The highest BCUT2D eigenvalue weighted by Crippen LogP contribution is 2.31. The van der Waals surface area contributed by atoms with Crippen LogP contribution in [0, 0.1) is 0 Å². The van der Waals surface area contributed by atoms with Gasteiger partial charge in [-0.3, -0.25) is 4.90 Å². The fourth-order valence-electron chi connectivity index (χ4n) is 2.99. The molecule has 0 bridgehead atoms. The van der Waals surface area contributed by atoms with Gasteiger partial charge in [0.2, 0.25) is 0 Å². The molecule has 1 aliphatic heterocycles. The number of nitrogens with one attached hydrogen (secondary N) is 1. The molecule has 1 N–H and O–H groups in total. The van der Waals surface area contributed by atoms with Crippen LogP contribution >= 0.6 is 0 Å². The van der Waals surface area contributed by atoms with Gasteiger partial charge < -0.3 is 5.32 Å². The summed E-state index contributed by atoms with van der Waals surface area (Å²) in [5, 5.41) is 3.78. The van der Waals surface area contributed by atoms with Crippen molar-refractivity contribution in [2.24, 2.45) is 0 Å². The van der Waals surface area contributed by atoms with Crippen LogP contribution in [-0.2, 0) is 0 Å². The molecular weight excluding hydrogens is 208 g/mol. The van der Waals surface area contributed by atoms with Gasteiger partial charge in [-0.1, -0.05) is 27.7 Å². The Hall–Kier alpha value is -0.0800. The molecule has 2 unspecified atom stereocenters. The van der Waals surface area contributed by atoms with E-state index in [1.54, 1.807) is 0 Å². The number of hydrogen-bond donors (Lipinski definition) is 1. The maximum atomic E-state index is 3.78. The maximum absolute atomic E-state index is 3.78. The quantitative estimate of drug-likeness (QED) is 0.792. The molecule has 0 aliphatic carbocycles. The Morgan fingerprint density at radius 1 is 1.06 bits per heavy atom. The monoisotopic (exact) mass is 240 g/mol. The van der Waals surface area contributed by atoms with Crippen molar-refractivity contribution in [2.45, 2.75) is 84.3 Å². The Morgan fingerprint density at radius 2 is 1.65 bits per heavy atom. The van der Waals surface area contributed by atoms with E-state index >= 15 is 0 Å². The molecule has 0 aromatic carbocycles. The molecule has 0 spiro atoms. The van der Waals surface area contributed by atoms with Crippen LogP contribution in [0.2, 0.25) is 0 Å². The van der Waals surface area contributed by atoms with Gasteiger partial charge in [-0.2, -0.15) is 0 Å². The molecule has 1 fully saturated rings. The SMILES string of the molecule is CCC(CC)N1CC(C)(CC)NCC1(C)CC. The van der Waals surface area contributed by atoms with Crippen molar-refractivity contribution in [2.75, 3.05) is 13.1 Å². The molecule has 2 nitrogen and oxygen atoms in total. The first-order chi connectivity index (χ1) is 7.94. The van der Waals surface area contributed by atoms with Crippen LogP contribution in [-0.4, -0.2) is 35.1 Å². The third-order valence-corrected chi connectivity index (χ3v) is 5.03. The number of hydrogen-bond acceptors (Lipinski definition) is 2. The number of piperazine rings is 1. The highest BCUT2D eigenvalue weighted by molar-refractivity contribution is 5.02. The van der Waals surface area contributed by atoms with E-state index in [4.69, 9.17) is 0 Å². The molecule has 2 heteroatoms. The lowest BCUT2D eigenvalue weighted by atomic mass is 9.83. The van der Waals surface area contributed by atoms with Crippen molar-refractivity contribution in [1.29, 1.82) is 0 Å². The predicted molar refractivity (Wildman–Crippen MR) is 76.5 cm³/mol. The maximum Gasteiger partial charge on any atom is 0.0307 e. The van der Waals surface area contributed by atoms with E-state index in [1.807, 2.05) is 0 Å². The summed E-state index contributed by atoms with van der Waals surface area (Å²) in [4.78, 5) is 2.78. The van der Waals surface area contributed by atoms with Crippen molar-refractivity contribution in [3.05, 3.63) is 0 Å². The molecule has 0 radical (unpaired) electrons. The Balaban J connectivity index is 2.91. The van der Waals surface area contributed by atoms with Gasteiger partial charge in [-0.15, -0.1) is 0 Å². The molecule has 0 aromatic rings. The van der Waals surface area contributed by atoms with Gasteiger partial charge in [0.05, 0.1) is 0 Å². The molecule has 1 rings (SSSR count). The summed E-state index contributed by atoms with van der Waals surface area (Å²) in [6.45, 7) is 16.4. The smallest absolute Gasteiger partial charge is 0.0307 e. The van der Waals surface area contributed by atoms with Gasteiger partial charge in [0.25, 0.3) is 0 Å². The summed E-state index contributed by atoms with van der Waals surface area (Å²) in [6.07, 6.45) is 4.98. The van der Waals surface area contributed by atoms with E-state index in [-0.39, 0.29) is 0 Å². The Kier molecular flexibility index (Phi) is 5.03. The van der Waals surface area contributed by atoms with Crippen molar-refractivity contribution in [3.63, 3.8) is 0 Å². The summed E-state index contributed by atoms with van der Waals surface area (Å²) in [5.74, 6) is 0. The molecule has 0 saturated carbocycles. The van der Waals surface area contributed by atoms with Gasteiger partial charge in [-0.05, 0) is 39.5 Å². The molecule has 102 valence electrons. The standard InChI is InChI=1S/C15H32N2/c1-7-13(8-2)17-12-14(5,9-3)16-11-15(17,6)10-4/h13,16H,7-12H2,1-6H3. The summed E-state index contributed by atoms with van der Waals surface area (Å²) in [6, 6.07) is 0.743. The van der Waals surface area contributed by atoms with E-state index in [0.29, 0.717) is 11.1 Å². The lowest BCUT2D eigenvalue weighted by Gasteiger charge is -2.55. The number of rotatable bonds is 5. The van der Waals surface area contributed by atoms with Crippen molar-refractivity contribution in [1.82, 2.24) is 10.2 Å². The van der Waals surface area contributed by atoms with Gasteiger partial charge in [0.15, 0.2) is 0 Å². The lowest BCUT2D eigenvalue weighted by molar-refractivity contribution is -0.0188. The Labute approximate surface area is 108 Å². The Morgan fingerprint density at radius 3 is 2.06 bits per heavy atom. The average Bonchev–Trinajstić information content (AvgIpc) is 2.35. The number of nitrogens with zero attached hydrogens (tertiary/aromatic N) is 1. The van der Waals surface area contributed by atoms with Gasteiger partial charge >= 0.3 is 0 Å². The molecule has 0 aromatic heterocycles. The third kappa shape index (κ3) is 3.03. The second-order valence-corrected chi connectivity index (χ2v) is 6.22. The van der Waals surface area contributed by atoms with Crippen LogP contribution in [0.15, 0.2) is 0 Å². The minimum absolute atomic E-state index is 0.303. The predicted octanol–water partition coefficient (Wildman–Crippen LogP) is 3.42. The minimum Gasteiger partial charge on any atom is -0.308 e. The minimum atomic E-state index is 0.303. The molecule has 2 atom stereocenters. The highest BCUT2D eigenvalue weighted by Gasteiger charge is 2.42. The van der Waals surface area contributed by atoms with E-state index < -0.39 is 0 Å².